The van der Waals surface area contributed by atoms with Gasteiger partial charge in [-0.2, -0.15) is 0 Å². The fourth-order valence-corrected chi connectivity index (χ4v) is 8.00. The summed E-state index contributed by atoms with van der Waals surface area (Å²) in [4.78, 5) is 34.3. The minimum Gasteiger partial charge on any atom is -0.379 e. The highest BCUT2D eigenvalue weighted by Gasteiger charge is 2.19. The summed E-state index contributed by atoms with van der Waals surface area (Å²) in [7, 11) is -1.34. The summed E-state index contributed by atoms with van der Waals surface area (Å²) in [6.07, 6.45) is 7.38. The van der Waals surface area contributed by atoms with Gasteiger partial charge in [-0.3, -0.25) is 19.9 Å². The van der Waals surface area contributed by atoms with E-state index in [1.807, 2.05) is 85.5 Å². The quantitative estimate of drug-likeness (QED) is 0.153. The van der Waals surface area contributed by atoms with E-state index < -0.39 is 15.8 Å². The van der Waals surface area contributed by atoms with Crippen LogP contribution < -0.4 is 32.3 Å². The van der Waals surface area contributed by atoms with E-state index in [2.05, 4.69) is 92.7 Å². The van der Waals surface area contributed by atoms with E-state index in [0.29, 0.717) is 0 Å². The molecule has 0 aliphatic heterocycles. The third-order valence-corrected chi connectivity index (χ3v) is 10.1. The fourth-order valence-electron chi connectivity index (χ4n) is 3.86. The van der Waals surface area contributed by atoms with Gasteiger partial charge in [0.25, 0.3) is 0 Å². The van der Waals surface area contributed by atoms with Crippen LogP contribution in [0.3, 0.4) is 0 Å². The summed E-state index contributed by atoms with van der Waals surface area (Å²) in [5.74, 6) is 0. The Morgan fingerprint density at radius 1 is 0.386 bits per heavy atom. The van der Waals surface area contributed by atoms with Gasteiger partial charge in [0.2, 0.25) is 0 Å². The number of pyridine rings is 4. The first kappa shape index (κ1) is 33.2. The van der Waals surface area contributed by atoms with Crippen LogP contribution in [-0.2, 0) is 0 Å². The van der Waals surface area contributed by atoms with Gasteiger partial charge < -0.3 is 10.4 Å². The van der Waals surface area contributed by atoms with Gasteiger partial charge in [-0.1, -0.05) is 84.9 Å². The lowest BCUT2D eigenvalue weighted by Crippen LogP contribution is -2.24. The lowest BCUT2D eigenvalue weighted by molar-refractivity contribution is 0.312. The van der Waals surface area contributed by atoms with Crippen LogP contribution in [0.2, 0.25) is 0 Å². The summed E-state index contributed by atoms with van der Waals surface area (Å²) < 4.78 is 0. The molecule has 2 aromatic carbocycles. The minimum absolute atomic E-state index is 0.668. The zero-order chi connectivity index (χ0) is 31.2. The molecule has 0 saturated carbocycles. The average Bonchev–Trinajstić information content (AvgIpc) is 3.09. The van der Waals surface area contributed by atoms with Crippen LogP contribution in [0.4, 0.5) is 0 Å². The van der Waals surface area contributed by atoms with Gasteiger partial charge in [0, 0.05) is 40.6 Å². The molecule has 0 bridgehead atoms. The van der Waals surface area contributed by atoms with Crippen molar-refractivity contribution in [1.82, 2.24) is 19.9 Å². The van der Waals surface area contributed by atoms with Crippen molar-refractivity contribution in [3.63, 3.8) is 0 Å². The Bertz CT molecular complexity index is 1300. The predicted molar refractivity (Wildman–Crippen MR) is 177 cm³/mol. The molecule has 10 nitrogen and oxygen atoms in total. The van der Waals surface area contributed by atoms with Gasteiger partial charge in [0.05, 0.1) is 21.7 Å². The maximum atomic E-state index is 8.11. The molecule has 0 saturated heterocycles. The summed E-state index contributed by atoms with van der Waals surface area (Å²) in [6, 6.07) is 45.1. The number of rotatable bonds is 6. The van der Waals surface area contributed by atoms with Crippen molar-refractivity contribution in [2.45, 2.75) is 0 Å². The number of aromatic nitrogens is 4. The highest BCUT2D eigenvalue weighted by molar-refractivity contribution is 7.79. The molecule has 2 N–H and O–H groups in total. The highest BCUT2D eigenvalue weighted by atomic mass is 31.1. The van der Waals surface area contributed by atoms with Gasteiger partial charge in [-0.05, 0) is 59.1 Å². The van der Waals surface area contributed by atoms with Crippen molar-refractivity contribution in [1.29, 1.82) is 0 Å². The third kappa shape index (κ3) is 10.5. The molecule has 0 spiro atoms. The Balaban J connectivity index is 0.000000204. The van der Waals surface area contributed by atoms with Crippen LogP contribution >= 0.6 is 15.8 Å². The molecule has 6 aromatic rings. The molecule has 220 valence electrons. The summed E-state index contributed by atoms with van der Waals surface area (Å²) in [6.45, 7) is 0. The number of hydrogen-bond donors (Lipinski definition) is 2. The molecule has 4 heterocycles. The Kier molecular flexibility index (Phi) is 14.9. The Morgan fingerprint density at radius 2 is 0.614 bits per heavy atom. The maximum absolute atomic E-state index is 8.11. The molecule has 12 heteroatoms. The summed E-state index contributed by atoms with van der Waals surface area (Å²) in [5.41, 5.74) is 4.34. The van der Waals surface area contributed by atoms with Crippen molar-refractivity contribution in [2.75, 3.05) is 0 Å². The van der Waals surface area contributed by atoms with Crippen LogP contribution in [0.25, 0.3) is 0 Å². The van der Waals surface area contributed by atoms with E-state index in [0.717, 1.165) is 21.7 Å². The van der Waals surface area contributed by atoms with Gasteiger partial charge in [-0.15, -0.1) is 9.81 Å². The standard InChI is InChI=1S/2C16H13N2P.2HNO2/c2*1-2-8-14(9-3-1)19(15-10-4-6-12-17-15)16-11-5-7-13-18-16;2*2-1-3/h2*1-13H;2*(H,2,3). The van der Waals surface area contributed by atoms with Gasteiger partial charge in [0.15, 0.2) is 10.7 Å². The second kappa shape index (κ2) is 19.8. The maximum Gasteiger partial charge on any atom is 0.152 e. The monoisotopic (exact) mass is 622 g/mol. The molecule has 0 aliphatic carbocycles. The topological polar surface area (TPSA) is 151 Å². The molecule has 0 amide bonds. The molecule has 44 heavy (non-hydrogen) atoms. The first-order valence-corrected chi connectivity index (χ1v) is 15.7. The lowest BCUT2D eigenvalue weighted by atomic mass is 10.4. The molecule has 0 atom stereocenters. The van der Waals surface area contributed by atoms with E-state index in [1.54, 1.807) is 0 Å². The zero-order valence-electron chi connectivity index (χ0n) is 23.3. The normalized spacial score (nSPS) is 9.68. The van der Waals surface area contributed by atoms with E-state index in [4.69, 9.17) is 20.2 Å². The van der Waals surface area contributed by atoms with Crippen LogP contribution in [0.15, 0.2) is 169 Å². The van der Waals surface area contributed by atoms with E-state index in [-0.39, 0.29) is 0 Å². The van der Waals surface area contributed by atoms with Crippen LogP contribution in [0.5, 0.6) is 0 Å². The number of benzene rings is 2. The fraction of sp³-hybridized carbons (Fsp3) is 0. The van der Waals surface area contributed by atoms with Gasteiger partial charge in [0.1, 0.15) is 0 Å². The molecule has 0 aliphatic rings. The SMILES string of the molecule is O=NO.O=NO.c1ccc(P(c2ccccn2)c2ccccn2)cc1.c1ccc(P(c2ccccn2)c2ccccn2)cc1. The molecule has 0 radical (unpaired) electrons. The molecule has 0 unspecified atom stereocenters. The van der Waals surface area contributed by atoms with E-state index >= 15 is 0 Å². The minimum atomic E-state index is -0.668. The van der Waals surface area contributed by atoms with Crippen molar-refractivity contribution in [2.24, 2.45) is 10.7 Å². The molecular weight excluding hydrogens is 594 g/mol. The third-order valence-electron chi connectivity index (χ3n) is 5.54. The summed E-state index contributed by atoms with van der Waals surface area (Å²) in [5, 5.41) is 18.3. The molecule has 6 rings (SSSR count). The van der Waals surface area contributed by atoms with Gasteiger partial charge in [-0.25, -0.2) is 0 Å². The lowest BCUT2D eigenvalue weighted by Gasteiger charge is -2.16. The second-order valence-electron chi connectivity index (χ2n) is 8.26. The predicted octanol–water partition coefficient (Wildman–Crippen LogP) is 4.75. The van der Waals surface area contributed by atoms with Crippen molar-refractivity contribution < 1.29 is 10.4 Å². The van der Waals surface area contributed by atoms with Crippen LogP contribution in [-0.4, -0.2) is 30.4 Å². The second-order valence-corrected chi connectivity index (χ2v) is 12.5. The van der Waals surface area contributed by atoms with Crippen molar-refractivity contribution >= 4 is 48.2 Å². The van der Waals surface area contributed by atoms with E-state index in [1.165, 1.54) is 21.3 Å². The van der Waals surface area contributed by atoms with E-state index in [9.17, 15) is 0 Å². The average molecular weight is 623 g/mol. The molecular formula is C32H28N6O4P2. The summed E-state index contributed by atoms with van der Waals surface area (Å²) >= 11 is 0. The van der Waals surface area contributed by atoms with Crippen LogP contribution in [0.1, 0.15) is 0 Å². The van der Waals surface area contributed by atoms with Crippen molar-refractivity contribution in [3.8, 4) is 0 Å². The van der Waals surface area contributed by atoms with Crippen LogP contribution in [0, 0.1) is 9.81 Å². The Labute approximate surface area is 256 Å². The smallest absolute Gasteiger partial charge is 0.152 e. The molecule has 4 aromatic heterocycles. The largest absolute Gasteiger partial charge is 0.379 e. The molecule has 0 fully saturated rings. The highest BCUT2D eigenvalue weighted by Crippen LogP contribution is 2.31. The first-order chi connectivity index (χ1) is 21.7. The Hall–Kier alpha value is -5.30. The number of nitrogens with zero attached hydrogens (tertiary/aromatic N) is 6. The van der Waals surface area contributed by atoms with Gasteiger partial charge >= 0.3 is 0 Å². The zero-order valence-corrected chi connectivity index (χ0v) is 25.1. The number of hydrogen-bond acceptors (Lipinski definition) is 8. The van der Waals surface area contributed by atoms with Crippen molar-refractivity contribution in [3.05, 3.63) is 168 Å². The first-order valence-electron chi connectivity index (χ1n) is 13.0. The Morgan fingerprint density at radius 3 is 0.818 bits per heavy atom.